The van der Waals surface area contributed by atoms with E-state index in [1.54, 1.807) is 24.3 Å². The summed E-state index contributed by atoms with van der Waals surface area (Å²) in [6.45, 7) is 1.19. The van der Waals surface area contributed by atoms with Gasteiger partial charge >= 0.3 is 5.97 Å². The van der Waals surface area contributed by atoms with Gasteiger partial charge in [-0.05, 0) is 24.6 Å². The summed E-state index contributed by atoms with van der Waals surface area (Å²) in [6.07, 6.45) is 0. The van der Waals surface area contributed by atoms with Gasteiger partial charge in [0.2, 0.25) is 0 Å². The summed E-state index contributed by atoms with van der Waals surface area (Å²) in [4.78, 5) is 35.8. The normalized spacial score (nSPS) is 11.3. The number of nitrogens with one attached hydrogen (secondary N) is 2. The highest BCUT2D eigenvalue weighted by molar-refractivity contribution is 6.04. The number of methoxy groups -OCH3 is 1. The van der Waals surface area contributed by atoms with Gasteiger partial charge in [0, 0.05) is 7.11 Å². The molecule has 2 aromatic rings. The fourth-order valence-corrected chi connectivity index (χ4v) is 2.38. The SMILES string of the molecule is COCC(=O)OCC(=O)Nc1ccccc1C(=O)N[C@@H](C)c1ccccc1. The van der Waals surface area contributed by atoms with Crippen molar-refractivity contribution >= 4 is 23.5 Å². The van der Waals surface area contributed by atoms with Crippen LogP contribution in [0.15, 0.2) is 54.6 Å². The van der Waals surface area contributed by atoms with E-state index in [1.807, 2.05) is 37.3 Å². The first-order valence-corrected chi connectivity index (χ1v) is 8.40. The summed E-state index contributed by atoms with van der Waals surface area (Å²) in [5, 5.41) is 5.49. The first-order chi connectivity index (χ1) is 13.0. The Morgan fingerprint density at radius 1 is 0.963 bits per heavy atom. The fourth-order valence-electron chi connectivity index (χ4n) is 2.38. The molecule has 27 heavy (non-hydrogen) atoms. The molecule has 0 fully saturated rings. The molecule has 0 aliphatic carbocycles. The third-order valence-corrected chi connectivity index (χ3v) is 3.72. The van der Waals surface area contributed by atoms with Crippen LogP contribution in [-0.2, 0) is 19.1 Å². The number of rotatable bonds is 8. The Labute approximate surface area is 157 Å². The molecule has 0 unspecified atom stereocenters. The number of para-hydroxylation sites is 1. The van der Waals surface area contributed by atoms with E-state index >= 15 is 0 Å². The van der Waals surface area contributed by atoms with Gasteiger partial charge in [-0.15, -0.1) is 0 Å². The van der Waals surface area contributed by atoms with Crippen LogP contribution >= 0.6 is 0 Å². The predicted octanol–water partition coefficient (Wildman–Crippen LogP) is 2.31. The zero-order valence-electron chi connectivity index (χ0n) is 15.2. The van der Waals surface area contributed by atoms with Gasteiger partial charge in [0.05, 0.1) is 17.3 Å². The Kier molecular flexibility index (Phi) is 7.51. The Morgan fingerprint density at radius 3 is 2.33 bits per heavy atom. The molecule has 0 aromatic heterocycles. The molecule has 0 saturated carbocycles. The third-order valence-electron chi connectivity index (χ3n) is 3.72. The Hall–Kier alpha value is -3.19. The van der Waals surface area contributed by atoms with Crippen LogP contribution in [0.1, 0.15) is 28.9 Å². The molecule has 0 aliphatic heterocycles. The van der Waals surface area contributed by atoms with Crippen molar-refractivity contribution in [2.24, 2.45) is 0 Å². The lowest BCUT2D eigenvalue weighted by atomic mass is 10.1. The average Bonchev–Trinajstić information content (AvgIpc) is 2.67. The van der Waals surface area contributed by atoms with Gasteiger partial charge in [-0.3, -0.25) is 9.59 Å². The molecule has 0 bridgehead atoms. The van der Waals surface area contributed by atoms with Gasteiger partial charge in [-0.25, -0.2) is 4.79 Å². The number of ether oxygens (including phenoxy) is 2. The highest BCUT2D eigenvalue weighted by atomic mass is 16.6. The third kappa shape index (κ3) is 6.23. The van der Waals surface area contributed by atoms with E-state index in [0.29, 0.717) is 11.3 Å². The van der Waals surface area contributed by atoms with E-state index in [9.17, 15) is 14.4 Å². The number of carbonyl (C=O) groups excluding carboxylic acids is 3. The average molecular weight is 370 g/mol. The molecule has 0 saturated heterocycles. The number of amides is 2. The van der Waals surface area contributed by atoms with E-state index in [4.69, 9.17) is 4.74 Å². The standard InChI is InChI=1S/C20H22N2O5/c1-14(15-8-4-3-5-9-15)21-20(25)16-10-6-7-11-17(16)22-18(23)12-27-19(24)13-26-2/h3-11,14H,12-13H2,1-2H3,(H,21,25)(H,22,23)/t14-/m0/s1. The molecule has 0 heterocycles. The van der Waals surface area contributed by atoms with E-state index in [0.717, 1.165) is 5.56 Å². The minimum Gasteiger partial charge on any atom is -0.454 e. The molecular formula is C20H22N2O5. The number of carbonyl (C=O) groups is 3. The fraction of sp³-hybridized carbons (Fsp3) is 0.250. The quantitative estimate of drug-likeness (QED) is 0.696. The summed E-state index contributed by atoms with van der Waals surface area (Å²) < 4.78 is 9.38. The first-order valence-electron chi connectivity index (χ1n) is 8.40. The Morgan fingerprint density at radius 2 is 1.63 bits per heavy atom. The molecule has 2 aromatic carbocycles. The highest BCUT2D eigenvalue weighted by Gasteiger charge is 2.16. The molecule has 2 rings (SSSR count). The predicted molar refractivity (Wildman–Crippen MR) is 100 cm³/mol. The van der Waals surface area contributed by atoms with E-state index in [-0.39, 0.29) is 18.6 Å². The van der Waals surface area contributed by atoms with Crippen molar-refractivity contribution in [3.05, 3.63) is 65.7 Å². The van der Waals surface area contributed by atoms with Gasteiger partial charge in [0.1, 0.15) is 6.61 Å². The molecule has 1 atom stereocenters. The van der Waals surface area contributed by atoms with Crippen molar-refractivity contribution in [2.45, 2.75) is 13.0 Å². The molecule has 142 valence electrons. The number of anilines is 1. The van der Waals surface area contributed by atoms with Gasteiger partial charge < -0.3 is 20.1 Å². The lowest BCUT2D eigenvalue weighted by Crippen LogP contribution is -2.28. The molecule has 0 spiro atoms. The maximum Gasteiger partial charge on any atom is 0.332 e. The number of hydrogen-bond acceptors (Lipinski definition) is 5. The van der Waals surface area contributed by atoms with Crippen LogP contribution in [-0.4, -0.2) is 38.1 Å². The Bertz CT molecular complexity index is 792. The summed E-state index contributed by atoms with van der Waals surface area (Å²) in [5.41, 5.74) is 1.62. The molecule has 0 radical (unpaired) electrons. The van der Waals surface area contributed by atoms with Gasteiger partial charge in [-0.2, -0.15) is 0 Å². The van der Waals surface area contributed by atoms with Gasteiger partial charge in [0.15, 0.2) is 6.61 Å². The zero-order valence-corrected chi connectivity index (χ0v) is 15.2. The van der Waals surface area contributed by atoms with Crippen molar-refractivity contribution in [1.29, 1.82) is 0 Å². The topological polar surface area (TPSA) is 93.7 Å². The highest BCUT2D eigenvalue weighted by Crippen LogP contribution is 2.18. The zero-order chi connectivity index (χ0) is 19.6. The minimum absolute atomic E-state index is 0.197. The second-order valence-electron chi connectivity index (χ2n) is 5.79. The van der Waals surface area contributed by atoms with Crippen molar-refractivity contribution < 1.29 is 23.9 Å². The maximum absolute atomic E-state index is 12.6. The number of benzene rings is 2. The van der Waals surface area contributed by atoms with Crippen LogP contribution in [0.2, 0.25) is 0 Å². The van der Waals surface area contributed by atoms with Crippen molar-refractivity contribution in [3.8, 4) is 0 Å². The van der Waals surface area contributed by atoms with Crippen LogP contribution in [0.4, 0.5) is 5.69 Å². The van der Waals surface area contributed by atoms with Crippen LogP contribution in [0.3, 0.4) is 0 Å². The van der Waals surface area contributed by atoms with Crippen molar-refractivity contribution in [1.82, 2.24) is 5.32 Å². The second-order valence-corrected chi connectivity index (χ2v) is 5.79. The second kappa shape index (κ2) is 10.1. The van der Waals surface area contributed by atoms with E-state index < -0.39 is 18.5 Å². The molecule has 2 N–H and O–H groups in total. The van der Waals surface area contributed by atoms with E-state index in [2.05, 4.69) is 15.4 Å². The minimum atomic E-state index is -0.643. The maximum atomic E-state index is 12.6. The molecule has 2 amide bonds. The first kappa shape index (κ1) is 20.1. The molecule has 0 aliphatic rings. The van der Waals surface area contributed by atoms with Crippen LogP contribution in [0.25, 0.3) is 0 Å². The number of hydrogen-bond donors (Lipinski definition) is 2. The van der Waals surface area contributed by atoms with Crippen molar-refractivity contribution in [2.75, 3.05) is 25.6 Å². The lowest BCUT2D eigenvalue weighted by molar-refractivity contribution is -0.150. The number of esters is 1. The largest absolute Gasteiger partial charge is 0.454 e. The summed E-state index contributed by atoms with van der Waals surface area (Å²) in [6, 6.07) is 16.0. The summed E-state index contributed by atoms with van der Waals surface area (Å²) >= 11 is 0. The smallest absolute Gasteiger partial charge is 0.332 e. The Balaban J connectivity index is 2.01. The van der Waals surface area contributed by atoms with Crippen LogP contribution in [0.5, 0.6) is 0 Å². The van der Waals surface area contributed by atoms with Gasteiger partial charge in [0.25, 0.3) is 11.8 Å². The van der Waals surface area contributed by atoms with Gasteiger partial charge in [-0.1, -0.05) is 42.5 Å². The summed E-state index contributed by atoms with van der Waals surface area (Å²) in [7, 11) is 1.35. The van der Waals surface area contributed by atoms with Crippen LogP contribution in [0, 0.1) is 0 Å². The summed E-state index contributed by atoms with van der Waals surface area (Å²) in [5.74, 6) is -1.51. The molecular weight excluding hydrogens is 348 g/mol. The molecule has 7 heteroatoms. The molecule has 7 nitrogen and oxygen atoms in total. The monoisotopic (exact) mass is 370 g/mol. The van der Waals surface area contributed by atoms with Crippen molar-refractivity contribution in [3.63, 3.8) is 0 Å². The van der Waals surface area contributed by atoms with Crippen LogP contribution < -0.4 is 10.6 Å². The lowest BCUT2D eigenvalue weighted by Gasteiger charge is -2.16. The van der Waals surface area contributed by atoms with E-state index in [1.165, 1.54) is 7.11 Å².